The SMILES string of the molecule is O=C(c1cnc(NS(=O)(=O)c2cccc3cccnc23)cn1)N1CCN(Cc2ccc(F)cc2)CC1. The van der Waals surface area contributed by atoms with Crippen LogP contribution in [0.1, 0.15) is 16.1 Å². The van der Waals surface area contributed by atoms with Crippen LogP contribution >= 0.6 is 0 Å². The van der Waals surface area contributed by atoms with Crippen molar-refractivity contribution < 1.29 is 17.6 Å². The lowest BCUT2D eigenvalue weighted by atomic mass is 10.2. The molecule has 1 aliphatic rings. The third kappa shape index (κ3) is 5.16. The number of rotatable bonds is 6. The molecule has 2 aromatic carbocycles. The molecule has 0 spiro atoms. The van der Waals surface area contributed by atoms with Crippen molar-refractivity contribution in [3.05, 3.63) is 90.3 Å². The predicted molar refractivity (Wildman–Crippen MR) is 132 cm³/mol. The number of pyridine rings is 1. The lowest BCUT2D eigenvalue weighted by Crippen LogP contribution is -2.48. The maximum Gasteiger partial charge on any atom is 0.274 e. The van der Waals surface area contributed by atoms with Gasteiger partial charge in [0.15, 0.2) is 5.82 Å². The van der Waals surface area contributed by atoms with Gasteiger partial charge in [-0.25, -0.2) is 22.8 Å². The maximum absolute atomic E-state index is 13.1. The topological polar surface area (TPSA) is 108 Å². The Kier molecular flexibility index (Phi) is 6.57. The lowest BCUT2D eigenvalue weighted by molar-refractivity contribution is 0.0622. The maximum atomic E-state index is 13.1. The molecule has 0 unspecified atom stereocenters. The van der Waals surface area contributed by atoms with Crippen molar-refractivity contribution in [3.63, 3.8) is 0 Å². The van der Waals surface area contributed by atoms with Crippen LogP contribution < -0.4 is 4.72 Å². The van der Waals surface area contributed by atoms with Gasteiger partial charge in [-0.1, -0.05) is 30.3 Å². The molecule has 1 aliphatic heterocycles. The number of nitrogens with zero attached hydrogens (tertiary/aromatic N) is 5. The van der Waals surface area contributed by atoms with Gasteiger partial charge in [-0.05, 0) is 29.8 Å². The molecule has 0 bridgehead atoms. The summed E-state index contributed by atoms with van der Waals surface area (Å²) in [6.45, 7) is 3.07. The van der Waals surface area contributed by atoms with Crippen LogP contribution in [0.3, 0.4) is 0 Å². The van der Waals surface area contributed by atoms with Crippen molar-refractivity contribution in [3.8, 4) is 0 Å². The van der Waals surface area contributed by atoms with Gasteiger partial charge >= 0.3 is 0 Å². The highest BCUT2D eigenvalue weighted by atomic mass is 32.2. The van der Waals surface area contributed by atoms with Gasteiger partial charge in [0.05, 0.1) is 17.9 Å². The summed E-state index contributed by atoms with van der Waals surface area (Å²) in [7, 11) is -3.96. The predicted octanol–water partition coefficient (Wildman–Crippen LogP) is 2.92. The second kappa shape index (κ2) is 9.96. The Labute approximate surface area is 207 Å². The summed E-state index contributed by atoms with van der Waals surface area (Å²) in [6, 6.07) is 14.8. The first kappa shape index (κ1) is 23.8. The van der Waals surface area contributed by atoms with Crippen LogP contribution in [0.2, 0.25) is 0 Å². The number of piperazine rings is 1. The molecule has 0 aliphatic carbocycles. The van der Waals surface area contributed by atoms with E-state index >= 15 is 0 Å². The van der Waals surface area contributed by atoms with Gasteiger partial charge in [0.2, 0.25) is 0 Å². The van der Waals surface area contributed by atoms with Gasteiger partial charge in [-0.15, -0.1) is 0 Å². The number of carbonyl (C=O) groups excluding carboxylic acids is 1. The van der Waals surface area contributed by atoms with E-state index in [2.05, 4.69) is 24.6 Å². The first-order valence-electron chi connectivity index (χ1n) is 11.3. The van der Waals surface area contributed by atoms with Crippen LogP contribution in [-0.4, -0.2) is 65.3 Å². The molecule has 2 aromatic heterocycles. The molecular formula is C25H23FN6O3S. The van der Waals surface area contributed by atoms with E-state index in [0.717, 1.165) is 5.56 Å². The van der Waals surface area contributed by atoms with Crippen molar-refractivity contribution in [2.45, 2.75) is 11.4 Å². The quantitative estimate of drug-likeness (QED) is 0.428. The number of nitrogens with one attached hydrogen (secondary N) is 1. The molecule has 5 rings (SSSR count). The Bertz CT molecular complexity index is 1480. The summed E-state index contributed by atoms with van der Waals surface area (Å²) in [5, 5.41) is 0.699. The minimum Gasteiger partial charge on any atom is -0.335 e. The fraction of sp³-hybridized carbons (Fsp3) is 0.200. The summed E-state index contributed by atoms with van der Waals surface area (Å²) in [5.41, 5.74) is 1.50. The molecule has 0 atom stereocenters. The zero-order valence-corrected chi connectivity index (χ0v) is 20.0. The Morgan fingerprint density at radius 1 is 0.917 bits per heavy atom. The van der Waals surface area contributed by atoms with Crippen molar-refractivity contribution in [2.75, 3.05) is 30.9 Å². The van der Waals surface area contributed by atoms with E-state index in [1.54, 1.807) is 41.3 Å². The average molecular weight is 507 g/mol. The summed E-state index contributed by atoms with van der Waals surface area (Å²) in [5.74, 6) is -0.528. The molecule has 184 valence electrons. The summed E-state index contributed by atoms with van der Waals surface area (Å²) in [4.78, 5) is 29.2. The molecule has 4 aromatic rings. The van der Waals surface area contributed by atoms with E-state index in [-0.39, 0.29) is 28.1 Å². The van der Waals surface area contributed by atoms with Gasteiger partial charge in [-0.2, -0.15) is 0 Å². The highest BCUT2D eigenvalue weighted by Gasteiger charge is 2.24. The third-order valence-electron chi connectivity index (χ3n) is 5.97. The largest absolute Gasteiger partial charge is 0.335 e. The van der Waals surface area contributed by atoms with Gasteiger partial charge in [0.25, 0.3) is 15.9 Å². The molecule has 1 amide bonds. The first-order chi connectivity index (χ1) is 17.4. The van der Waals surface area contributed by atoms with Gasteiger partial charge in [-0.3, -0.25) is 19.4 Å². The van der Waals surface area contributed by atoms with Crippen LogP contribution in [0.5, 0.6) is 0 Å². The van der Waals surface area contributed by atoms with E-state index < -0.39 is 10.0 Å². The van der Waals surface area contributed by atoms with Crippen LogP contribution in [0.15, 0.2) is 78.1 Å². The Balaban J connectivity index is 1.21. The number of anilines is 1. The fourth-order valence-electron chi connectivity index (χ4n) is 4.10. The van der Waals surface area contributed by atoms with Crippen LogP contribution in [-0.2, 0) is 16.6 Å². The number of carbonyl (C=O) groups is 1. The van der Waals surface area contributed by atoms with E-state index in [1.165, 1.54) is 36.8 Å². The summed E-state index contributed by atoms with van der Waals surface area (Å²) < 4.78 is 41.4. The molecule has 1 N–H and O–H groups in total. The summed E-state index contributed by atoms with van der Waals surface area (Å²) >= 11 is 0. The third-order valence-corrected chi connectivity index (χ3v) is 7.36. The molecule has 9 nitrogen and oxygen atoms in total. The number of benzene rings is 2. The van der Waals surface area contributed by atoms with Crippen LogP contribution in [0.4, 0.5) is 10.2 Å². The number of hydrogen-bond acceptors (Lipinski definition) is 7. The fourth-order valence-corrected chi connectivity index (χ4v) is 5.27. The van der Waals surface area contributed by atoms with E-state index in [4.69, 9.17) is 0 Å². The molecular weight excluding hydrogens is 483 g/mol. The highest BCUT2D eigenvalue weighted by Crippen LogP contribution is 2.22. The molecule has 11 heteroatoms. The molecule has 0 saturated carbocycles. The minimum atomic E-state index is -3.96. The van der Waals surface area contributed by atoms with Gasteiger partial charge < -0.3 is 4.90 Å². The molecule has 1 saturated heterocycles. The normalized spacial score (nSPS) is 14.6. The smallest absolute Gasteiger partial charge is 0.274 e. The van der Waals surface area contributed by atoms with Gasteiger partial charge in [0, 0.05) is 44.3 Å². The van der Waals surface area contributed by atoms with Crippen LogP contribution in [0.25, 0.3) is 10.9 Å². The second-order valence-electron chi connectivity index (χ2n) is 8.42. The van der Waals surface area contributed by atoms with E-state index in [9.17, 15) is 17.6 Å². The monoisotopic (exact) mass is 506 g/mol. The van der Waals surface area contributed by atoms with E-state index in [0.29, 0.717) is 43.6 Å². The molecule has 36 heavy (non-hydrogen) atoms. The standard InChI is InChI=1S/C25H23FN6O3S/c26-20-8-6-18(7-9-20)17-31-11-13-32(14-12-31)25(33)21-15-29-23(16-28-21)30-36(34,35)22-5-1-3-19-4-2-10-27-24(19)22/h1-10,15-16H,11-14,17H2,(H,29,30). The molecule has 3 heterocycles. The summed E-state index contributed by atoms with van der Waals surface area (Å²) in [6.07, 6.45) is 4.03. The molecule has 1 fully saturated rings. The zero-order valence-electron chi connectivity index (χ0n) is 19.2. The number of halogens is 1. The number of sulfonamides is 1. The Hall–Kier alpha value is -3.96. The molecule has 0 radical (unpaired) electrons. The number of hydrogen-bond donors (Lipinski definition) is 1. The lowest BCUT2D eigenvalue weighted by Gasteiger charge is -2.34. The number of fused-ring (bicyclic) bond motifs is 1. The van der Waals surface area contributed by atoms with Crippen LogP contribution in [0, 0.1) is 5.82 Å². The second-order valence-corrected chi connectivity index (χ2v) is 10.1. The van der Waals surface area contributed by atoms with Gasteiger partial charge in [0.1, 0.15) is 16.4 Å². The van der Waals surface area contributed by atoms with E-state index in [1.807, 2.05) is 0 Å². The number of amides is 1. The first-order valence-corrected chi connectivity index (χ1v) is 12.8. The minimum absolute atomic E-state index is 0.00333. The number of aromatic nitrogens is 3. The van der Waals surface area contributed by atoms with Crippen molar-refractivity contribution in [2.24, 2.45) is 0 Å². The Morgan fingerprint density at radius 3 is 2.39 bits per heavy atom. The number of para-hydroxylation sites is 1. The Morgan fingerprint density at radius 2 is 1.67 bits per heavy atom. The zero-order chi connectivity index (χ0) is 25.1. The average Bonchev–Trinajstić information content (AvgIpc) is 2.90. The highest BCUT2D eigenvalue weighted by molar-refractivity contribution is 7.93. The van der Waals surface area contributed by atoms with Crippen molar-refractivity contribution in [1.82, 2.24) is 24.8 Å². The van der Waals surface area contributed by atoms with Crippen molar-refractivity contribution >= 4 is 32.7 Å². The van der Waals surface area contributed by atoms with Crippen molar-refractivity contribution in [1.29, 1.82) is 0 Å².